The second-order valence-corrected chi connectivity index (χ2v) is 8.95. The number of hydrogen-bond donors (Lipinski definition) is 1. The molecule has 156 valence electrons. The van der Waals surface area contributed by atoms with Gasteiger partial charge >= 0.3 is 0 Å². The van der Waals surface area contributed by atoms with Crippen LogP contribution in [0.3, 0.4) is 0 Å². The maximum absolute atomic E-state index is 12.4. The lowest BCUT2D eigenvalue weighted by atomic mass is 10.1. The van der Waals surface area contributed by atoms with Crippen molar-refractivity contribution in [3.8, 4) is 11.4 Å². The Labute approximate surface area is 184 Å². The lowest BCUT2D eigenvalue weighted by Crippen LogP contribution is -2.14. The number of thiophene rings is 1. The fraction of sp³-hybridized carbons (Fsp3) is 0.273. The molecule has 8 heteroatoms. The average Bonchev–Trinajstić information content (AvgIpc) is 3.34. The second kappa shape index (κ2) is 9.86. The first-order valence-electron chi connectivity index (χ1n) is 9.55. The highest BCUT2D eigenvalue weighted by atomic mass is 32.2. The molecule has 0 spiro atoms. The summed E-state index contributed by atoms with van der Waals surface area (Å²) < 4.78 is 1.97. The average molecular weight is 441 g/mol. The molecule has 0 atom stereocenters. The van der Waals surface area contributed by atoms with Crippen LogP contribution in [0, 0.1) is 0 Å². The number of nitrogens with one attached hydrogen (secondary N) is 1. The van der Waals surface area contributed by atoms with Crippen molar-refractivity contribution in [3.63, 3.8) is 0 Å². The van der Waals surface area contributed by atoms with E-state index >= 15 is 0 Å². The Kier molecular flexibility index (Phi) is 7.23. The molecule has 0 aliphatic rings. The summed E-state index contributed by atoms with van der Waals surface area (Å²) in [6.07, 6.45) is 1.79. The number of carbonyl (C=O) groups excluding carboxylic acids is 2. The number of allylic oxidation sites excluding steroid dienone is 1. The highest BCUT2D eigenvalue weighted by Crippen LogP contribution is 2.31. The molecule has 6 nitrogen and oxygen atoms in total. The standard InChI is InChI=1S/C22H24N4O2S2/c1-5-10-26-21(17-11-19(14(2)3)29-12-17)24-25-22(26)30-13-20(28)23-18-8-6-16(7-9-18)15(4)27/h5-9,11-12,14H,1,10,13H2,2-4H3,(H,23,28). The van der Waals surface area contributed by atoms with Crippen LogP contribution in [0.5, 0.6) is 0 Å². The van der Waals surface area contributed by atoms with Gasteiger partial charge in [-0.1, -0.05) is 31.7 Å². The van der Waals surface area contributed by atoms with Gasteiger partial charge in [-0.05, 0) is 43.2 Å². The Morgan fingerprint density at radius 1 is 1.27 bits per heavy atom. The smallest absolute Gasteiger partial charge is 0.234 e. The van der Waals surface area contributed by atoms with Crippen molar-refractivity contribution in [3.05, 3.63) is 58.8 Å². The number of thioether (sulfide) groups is 1. The predicted octanol–water partition coefficient (Wildman–Crippen LogP) is 5.25. The van der Waals surface area contributed by atoms with Crippen LogP contribution in [0.25, 0.3) is 11.4 Å². The molecule has 0 fully saturated rings. The molecule has 0 bridgehead atoms. The SMILES string of the molecule is C=CCn1c(SCC(=O)Nc2ccc(C(C)=O)cc2)nnc1-c1csc(C(C)C)c1. The van der Waals surface area contributed by atoms with Crippen LogP contribution in [0.15, 0.2) is 53.5 Å². The molecule has 0 saturated heterocycles. The zero-order chi connectivity index (χ0) is 21.7. The zero-order valence-corrected chi connectivity index (χ0v) is 18.8. The van der Waals surface area contributed by atoms with Gasteiger partial charge in [0.05, 0.1) is 5.75 Å². The van der Waals surface area contributed by atoms with Crippen molar-refractivity contribution in [2.75, 3.05) is 11.1 Å². The van der Waals surface area contributed by atoms with Gasteiger partial charge in [0.2, 0.25) is 5.91 Å². The summed E-state index contributed by atoms with van der Waals surface area (Å²) in [6, 6.07) is 8.99. The number of anilines is 1. The Morgan fingerprint density at radius 3 is 2.60 bits per heavy atom. The van der Waals surface area contributed by atoms with E-state index in [9.17, 15) is 9.59 Å². The molecule has 3 aromatic rings. The maximum atomic E-state index is 12.4. The summed E-state index contributed by atoms with van der Waals surface area (Å²) in [6.45, 7) is 10.2. The zero-order valence-electron chi connectivity index (χ0n) is 17.2. The topological polar surface area (TPSA) is 76.9 Å². The molecular weight excluding hydrogens is 416 g/mol. The molecule has 3 rings (SSSR count). The molecule has 1 N–H and O–H groups in total. The van der Waals surface area contributed by atoms with Crippen LogP contribution in [0.1, 0.15) is 41.9 Å². The van der Waals surface area contributed by atoms with E-state index in [2.05, 4.69) is 47.4 Å². The fourth-order valence-corrected chi connectivity index (χ4v) is 4.44. The lowest BCUT2D eigenvalue weighted by molar-refractivity contribution is -0.113. The third-order valence-electron chi connectivity index (χ3n) is 4.38. The normalized spacial score (nSPS) is 10.9. The molecule has 0 radical (unpaired) electrons. The van der Waals surface area contributed by atoms with E-state index in [4.69, 9.17) is 0 Å². The molecule has 1 amide bonds. The summed E-state index contributed by atoms with van der Waals surface area (Å²) in [7, 11) is 0. The van der Waals surface area contributed by atoms with Crippen LogP contribution >= 0.6 is 23.1 Å². The largest absolute Gasteiger partial charge is 0.325 e. The van der Waals surface area contributed by atoms with Crippen molar-refractivity contribution < 1.29 is 9.59 Å². The van der Waals surface area contributed by atoms with Gasteiger partial charge in [-0.3, -0.25) is 14.2 Å². The minimum Gasteiger partial charge on any atom is -0.325 e. The molecular formula is C22H24N4O2S2. The number of Topliss-reactive ketones (excluding diaryl/α,β-unsaturated/α-hetero) is 1. The quantitative estimate of drug-likeness (QED) is 0.279. The van der Waals surface area contributed by atoms with E-state index in [0.717, 1.165) is 11.4 Å². The monoisotopic (exact) mass is 440 g/mol. The predicted molar refractivity (Wildman–Crippen MR) is 123 cm³/mol. The number of hydrogen-bond acceptors (Lipinski definition) is 6. The van der Waals surface area contributed by atoms with Crippen LogP contribution < -0.4 is 5.32 Å². The van der Waals surface area contributed by atoms with Crippen LogP contribution in [0.4, 0.5) is 5.69 Å². The molecule has 2 aromatic heterocycles. The van der Waals surface area contributed by atoms with Gasteiger partial charge in [0.15, 0.2) is 16.8 Å². The molecule has 30 heavy (non-hydrogen) atoms. The van der Waals surface area contributed by atoms with Gasteiger partial charge in [-0.15, -0.1) is 28.1 Å². The molecule has 0 saturated carbocycles. The van der Waals surface area contributed by atoms with E-state index in [1.165, 1.54) is 23.6 Å². The Bertz CT molecular complexity index is 1050. The second-order valence-electron chi connectivity index (χ2n) is 7.07. The molecule has 0 unspecified atom stereocenters. The Morgan fingerprint density at radius 2 is 2.00 bits per heavy atom. The first kappa shape index (κ1) is 22.0. The summed E-state index contributed by atoms with van der Waals surface area (Å²) >= 11 is 3.04. The molecule has 2 heterocycles. The lowest BCUT2D eigenvalue weighted by Gasteiger charge is -2.08. The third-order valence-corrected chi connectivity index (χ3v) is 6.58. The van der Waals surface area contributed by atoms with E-state index in [1.54, 1.807) is 41.7 Å². The minimum atomic E-state index is -0.150. The highest BCUT2D eigenvalue weighted by Gasteiger charge is 2.17. The number of benzene rings is 1. The number of rotatable bonds is 9. The van der Waals surface area contributed by atoms with Crippen molar-refractivity contribution in [2.45, 2.75) is 38.4 Å². The van der Waals surface area contributed by atoms with Gasteiger partial charge in [-0.25, -0.2) is 0 Å². The summed E-state index contributed by atoms with van der Waals surface area (Å²) in [5.74, 6) is 1.28. The van der Waals surface area contributed by atoms with E-state index in [1.807, 2.05) is 4.57 Å². The molecule has 0 aliphatic heterocycles. The van der Waals surface area contributed by atoms with Gasteiger partial charge in [-0.2, -0.15) is 0 Å². The number of aromatic nitrogens is 3. The first-order chi connectivity index (χ1) is 14.4. The van der Waals surface area contributed by atoms with Gasteiger partial charge in [0.1, 0.15) is 0 Å². The summed E-state index contributed by atoms with van der Waals surface area (Å²) in [4.78, 5) is 25.0. The minimum absolute atomic E-state index is 0.00747. The highest BCUT2D eigenvalue weighted by molar-refractivity contribution is 7.99. The van der Waals surface area contributed by atoms with Gasteiger partial charge in [0, 0.05) is 33.6 Å². The van der Waals surface area contributed by atoms with Crippen LogP contribution in [-0.2, 0) is 11.3 Å². The van der Waals surface area contributed by atoms with Crippen molar-refractivity contribution >= 4 is 40.5 Å². The van der Waals surface area contributed by atoms with Crippen molar-refractivity contribution in [2.24, 2.45) is 0 Å². The van der Waals surface area contributed by atoms with Crippen LogP contribution in [-0.4, -0.2) is 32.2 Å². The first-order valence-corrected chi connectivity index (χ1v) is 11.4. The Balaban J connectivity index is 1.68. The van der Waals surface area contributed by atoms with Crippen molar-refractivity contribution in [1.82, 2.24) is 14.8 Å². The number of carbonyl (C=O) groups is 2. The third kappa shape index (κ3) is 5.25. The summed E-state index contributed by atoms with van der Waals surface area (Å²) in [5, 5.41) is 14.2. The van der Waals surface area contributed by atoms with Gasteiger partial charge < -0.3 is 5.32 Å². The maximum Gasteiger partial charge on any atom is 0.234 e. The van der Waals surface area contributed by atoms with Gasteiger partial charge in [0.25, 0.3) is 0 Å². The van der Waals surface area contributed by atoms with E-state index in [-0.39, 0.29) is 17.4 Å². The number of ketones is 1. The van der Waals surface area contributed by atoms with E-state index in [0.29, 0.717) is 28.9 Å². The molecule has 1 aromatic carbocycles. The fourth-order valence-electron chi connectivity index (χ4n) is 2.79. The Hall–Kier alpha value is -2.71. The number of nitrogens with zero attached hydrogens (tertiary/aromatic N) is 3. The number of amides is 1. The van der Waals surface area contributed by atoms with Crippen LogP contribution in [0.2, 0.25) is 0 Å². The summed E-state index contributed by atoms with van der Waals surface area (Å²) in [5.41, 5.74) is 2.29. The molecule has 0 aliphatic carbocycles. The van der Waals surface area contributed by atoms with E-state index < -0.39 is 0 Å². The van der Waals surface area contributed by atoms with Crippen molar-refractivity contribution in [1.29, 1.82) is 0 Å².